The Morgan fingerprint density at radius 2 is 2.21 bits per heavy atom. The largest absolute Gasteiger partial charge is 0.483 e. The smallest absolute Gasteiger partial charge is 0.146 e. The Labute approximate surface area is 80.9 Å². The van der Waals surface area contributed by atoms with Crippen LogP contribution in [0.3, 0.4) is 0 Å². The van der Waals surface area contributed by atoms with Gasteiger partial charge < -0.3 is 9.47 Å². The monoisotopic (exact) mass is 192 g/mol. The van der Waals surface area contributed by atoms with Crippen LogP contribution in [0.1, 0.15) is 5.56 Å². The molecular formula is C11H9FO2. The fourth-order valence-corrected chi connectivity index (χ4v) is 1.59. The third-order valence-corrected chi connectivity index (χ3v) is 2.43. The molecule has 0 spiro atoms. The van der Waals surface area contributed by atoms with Crippen molar-refractivity contribution < 1.29 is 13.9 Å². The number of ether oxygens (including phenoxy) is 2. The molecule has 3 rings (SSSR count). The Hall–Kier alpha value is -1.35. The lowest BCUT2D eigenvalue weighted by Crippen LogP contribution is -2.22. The topological polar surface area (TPSA) is 21.8 Å². The van der Waals surface area contributed by atoms with E-state index in [0.717, 1.165) is 17.9 Å². The lowest BCUT2D eigenvalue weighted by molar-refractivity contribution is 0.197. The normalized spacial score (nSPS) is 28.1. The van der Waals surface area contributed by atoms with Crippen molar-refractivity contribution in [3.63, 3.8) is 0 Å². The van der Waals surface area contributed by atoms with Crippen LogP contribution in [0.4, 0.5) is 4.39 Å². The first kappa shape index (κ1) is 8.00. The molecule has 1 saturated heterocycles. The summed E-state index contributed by atoms with van der Waals surface area (Å²) in [5.41, 5.74) is 0.793. The molecule has 2 nitrogen and oxygen atoms in total. The zero-order valence-corrected chi connectivity index (χ0v) is 7.44. The minimum absolute atomic E-state index is 0.00652. The summed E-state index contributed by atoms with van der Waals surface area (Å²) in [7, 11) is 0. The summed E-state index contributed by atoms with van der Waals surface area (Å²) in [6.45, 7) is 0.755. The van der Waals surface area contributed by atoms with Crippen LogP contribution >= 0.6 is 0 Å². The van der Waals surface area contributed by atoms with Gasteiger partial charge in [0.2, 0.25) is 0 Å². The maximum absolute atomic E-state index is 12.8. The molecular weight excluding hydrogens is 183 g/mol. The van der Waals surface area contributed by atoms with E-state index in [4.69, 9.17) is 9.47 Å². The van der Waals surface area contributed by atoms with Gasteiger partial charge in [0.25, 0.3) is 0 Å². The molecule has 2 heterocycles. The van der Waals surface area contributed by atoms with Crippen molar-refractivity contribution in [1.82, 2.24) is 0 Å². The van der Waals surface area contributed by atoms with Crippen molar-refractivity contribution in [2.75, 3.05) is 6.61 Å². The first-order valence-corrected chi connectivity index (χ1v) is 4.59. The minimum atomic E-state index is -0.238. The van der Waals surface area contributed by atoms with E-state index in [0.29, 0.717) is 0 Å². The Bertz CT molecular complexity index is 396. The summed E-state index contributed by atoms with van der Waals surface area (Å²) in [4.78, 5) is 0. The average molecular weight is 192 g/mol. The zero-order valence-electron chi connectivity index (χ0n) is 7.44. The molecule has 0 unspecified atom stereocenters. The molecule has 0 radical (unpaired) electrons. The average Bonchev–Trinajstić information content (AvgIpc) is 3.00. The minimum Gasteiger partial charge on any atom is -0.483 e. The van der Waals surface area contributed by atoms with Gasteiger partial charge in [-0.25, -0.2) is 4.39 Å². The highest BCUT2D eigenvalue weighted by Crippen LogP contribution is 2.30. The van der Waals surface area contributed by atoms with Gasteiger partial charge in [0.15, 0.2) is 0 Å². The Kier molecular flexibility index (Phi) is 1.61. The van der Waals surface area contributed by atoms with Gasteiger partial charge in [0.1, 0.15) is 23.8 Å². The van der Waals surface area contributed by atoms with Crippen LogP contribution in [0.5, 0.6) is 5.75 Å². The molecule has 14 heavy (non-hydrogen) atoms. The van der Waals surface area contributed by atoms with Crippen LogP contribution in [0.15, 0.2) is 24.3 Å². The molecule has 0 amide bonds. The van der Waals surface area contributed by atoms with Gasteiger partial charge >= 0.3 is 0 Å². The summed E-state index contributed by atoms with van der Waals surface area (Å²) >= 11 is 0. The van der Waals surface area contributed by atoms with Gasteiger partial charge in [-0.15, -0.1) is 0 Å². The number of hydrogen-bond acceptors (Lipinski definition) is 2. The zero-order chi connectivity index (χ0) is 9.54. The molecule has 72 valence electrons. The van der Waals surface area contributed by atoms with E-state index in [2.05, 4.69) is 0 Å². The first-order valence-electron chi connectivity index (χ1n) is 4.59. The number of benzene rings is 1. The number of fused-ring (bicyclic) bond motifs is 1. The van der Waals surface area contributed by atoms with E-state index in [1.54, 1.807) is 6.07 Å². The molecule has 3 heteroatoms. The molecule has 0 aliphatic carbocycles. The molecule has 1 aromatic rings. The van der Waals surface area contributed by atoms with Crippen molar-refractivity contribution >= 4 is 6.08 Å². The molecule has 2 aliphatic heterocycles. The summed E-state index contributed by atoms with van der Waals surface area (Å²) < 4.78 is 23.6. The number of halogens is 1. The molecule has 0 aromatic heterocycles. The van der Waals surface area contributed by atoms with Gasteiger partial charge in [0.05, 0.1) is 6.61 Å². The van der Waals surface area contributed by atoms with Crippen LogP contribution in [-0.2, 0) is 4.74 Å². The summed E-state index contributed by atoms with van der Waals surface area (Å²) in [5, 5.41) is 0. The molecule has 1 fully saturated rings. The van der Waals surface area contributed by atoms with E-state index in [1.807, 2.05) is 12.2 Å². The lowest BCUT2D eigenvalue weighted by atomic mass is 10.1. The number of epoxide rings is 1. The van der Waals surface area contributed by atoms with Crippen molar-refractivity contribution in [2.45, 2.75) is 12.2 Å². The second kappa shape index (κ2) is 2.82. The molecule has 1 aromatic carbocycles. The molecule has 0 saturated carbocycles. The van der Waals surface area contributed by atoms with Crippen LogP contribution in [-0.4, -0.2) is 18.8 Å². The number of hydrogen-bond donors (Lipinski definition) is 0. The Morgan fingerprint density at radius 3 is 3.00 bits per heavy atom. The maximum atomic E-state index is 12.8. The maximum Gasteiger partial charge on any atom is 0.146 e. The van der Waals surface area contributed by atoms with E-state index >= 15 is 0 Å². The highest BCUT2D eigenvalue weighted by atomic mass is 19.1. The van der Waals surface area contributed by atoms with Crippen molar-refractivity contribution in [3.8, 4) is 5.75 Å². The molecule has 2 atom stereocenters. The van der Waals surface area contributed by atoms with E-state index in [9.17, 15) is 4.39 Å². The highest BCUT2D eigenvalue weighted by Gasteiger charge is 2.34. The third-order valence-electron chi connectivity index (χ3n) is 2.43. The van der Waals surface area contributed by atoms with Gasteiger partial charge in [-0.05, 0) is 24.3 Å². The van der Waals surface area contributed by atoms with Crippen molar-refractivity contribution in [2.24, 2.45) is 0 Å². The van der Waals surface area contributed by atoms with Gasteiger partial charge in [-0.1, -0.05) is 6.08 Å². The Morgan fingerprint density at radius 1 is 1.36 bits per heavy atom. The predicted octanol–water partition coefficient (Wildman–Crippen LogP) is 2.00. The van der Waals surface area contributed by atoms with Crippen molar-refractivity contribution in [3.05, 3.63) is 35.7 Å². The standard InChI is InChI=1S/C11H9FO2/c12-8-2-4-9-7(5-8)1-3-10(14-9)11-6-13-11/h1-5,10-11H,6H2/t10-,11-/m1/s1. The summed E-state index contributed by atoms with van der Waals surface area (Å²) in [6.07, 6.45) is 3.98. The molecule has 0 N–H and O–H groups in total. The fourth-order valence-electron chi connectivity index (χ4n) is 1.59. The second-order valence-electron chi connectivity index (χ2n) is 3.50. The Balaban J connectivity index is 1.93. The van der Waals surface area contributed by atoms with E-state index in [1.165, 1.54) is 12.1 Å². The summed E-state index contributed by atoms with van der Waals surface area (Å²) in [6, 6.07) is 4.53. The van der Waals surface area contributed by atoms with E-state index < -0.39 is 0 Å². The number of rotatable bonds is 1. The second-order valence-corrected chi connectivity index (χ2v) is 3.50. The summed E-state index contributed by atoms with van der Waals surface area (Å²) in [5.74, 6) is 0.493. The molecule has 0 bridgehead atoms. The van der Waals surface area contributed by atoms with Crippen LogP contribution in [0.25, 0.3) is 6.08 Å². The van der Waals surface area contributed by atoms with Crippen LogP contribution in [0.2, 0.25) is 0 Å². The predicted molar refractivity (Wildman–Crippen MR) is 49.6 cm³/mol. The SMILES string of the molecule is Fc1ccc2c(c1)C=C[C@H]([C@H]1CO1)O2. The third kappa shape index (κ3) is 1.30. The van der Waals surface area contributed by atoms with Crippen LogP contribution in [0, 0.1) is 5.82 Å². The van der Waals surface area contributed by atoms with Crippen LogP contribution < -0.4 is 4.74 Å². The van der Waals surface area contributed by atoms with E-state index in [-0.39, 0.29) is 18.0 Å². The quantitative estimate of drug-likeness (QED) is 0.635. The van der Waals surface area contributed by atoms with Gasteiger partial charge in [-0.2, -0.15) is 0 Å². The first-order chi connectivity index (χ1) is 6.83. The fraction of sp³-hybridized carbons (Fsp3) is 0.273. The lowest BCUT2D eigenvalue weighted by Gasteiger charge is -2.19. The highest BCUT2D eigenvalue weighted by molar-refractivity contribution is 5.60. The van der Waals surface area contributed by atoms with Crippen molar-refractivity contribution in [1.29, 1.82) is 0 Å². The van der Waals surface area contributed by atoms with Gasteiger partial charge in [-0.3, -0.25) is 0 Å². The molecule has 2 aliphatic rings. The van der Waals surface area contributed by atoms with Gasteiger partial charge in [0, 0.05) is 5.56 Å².